The fraction of sp³-hybridized carbons (Fsp3) is 0.381. The number of carbonyl (C=O) groups excluding carboxylic acids is 1. The van der Waals surface area contributed by atoms with Gasteiger partial charge in [0.1, 0.15) is 5.75 Å². The van der Waals surface area contributed by atoms with E-state index in [-0.39, 0.29) is 6.03 Å². The molecular formula is C21H27N3O2. The molecule has 0 saturated carbocycles. The van der Waals surface area contributed by atoms with Gasteiger partial charge in [0, 0.05) is 44.3 Å². The van der Waals surface area contributed by atoms with Crippen LogP contribution in [0.1, 0.15) is 24.1 Å². The monoisotopic (exact) mass is 353 g/mol. The minimum absolute atomic E-state index is 0.0112. The summed E-state index contributed by atoms with van der Waals surface area (Å²) >= 11 is 0. The third-order valence-electron chi connectivity index (χ3n) is 5.05. The third kappa shape index (κ3) is 4.35. The van der Waals surface area contributed by atoms with Gasteiger partial charge in [0.25, 0.3) is 0 Å². The molecule has 0 spiro atoms. The standard InChI is InChI=1S/C21H27N3O2/c1-17(18-8-4-3-5-9-18)23-12-14-24(15-13-23)21(25)22-16-19-10-6-7-11-20(19)26-2/h3-11,17H,12-16H2,1-2H3,(H,22,25). The van der Waals surface area contributed by atoms with E-state index in [2.05, 4.69) is 41.4 Å². The first-order valence-electron chi connectivity index (χ1n) is 9.12. The Morgan fingerprint density at radius 3 is 2.38 bits per heavy atom. The van der Waals surface area contributed by atoms with Crippen LogP contribution in [-0.2, 0) is 6.54 Å². The molecule has 1 N–H and O–H groups in total. The SMILES string of the molecule is COc1ccccc1CNC(=O)N1CCN(C(C)c2ccccc2)CC1. The average molecular weight is 353 g/mol. The molecule has 0 aliphatic carbocycles. The number of methoxy groups -OCH3 is 1. The number of ether oxygens (including phenoxy) is 1. The minimum Gasteiger partial charge on any atom is -0.496 e. The summed E-state index contributed by atoms with van der Waals surface area (Å²) in [5, 5.41) is 3.01. The minimum atomic E-state index is -0.0112. The number of nitrogens with zero attached hydrogens (tertiary/aromatic N) is 2. The molecule has 0 bridgehead atoms. The smallest absolute Gasteiger partial charge is 0.317 e. The maximum Gasteiger partial charge on any atom is 0.317 e. The number of para-hydroxylation sites is 1. The molecule has 3 rings (SSSR count). The summed E-state index contributed by atoms with van der Waals surface area (Å²) in [5.74, 6) is 0.800. The van der Waals surface area contributed by atoms with Crippen molar-refractivity contribution in [1.29, 1.82) is 0 Å². The van der Waals surface area contributed by atoms with E-state index < -0.39 is 0 Å². The third-order valence-corrected chi connectivity index (χ3v) is 5.05. The molecule has 1 fully saturated rings. The molecule has 1 atom stereocenters. The van der Waals surface area contributed by atoms with Crippen LogP contribution in [0.3, 0.4) is 0 Å². The van der Waals surface area contributed by atoms with E-state index >= 15 is 0 Å². The topological polar surface area (TPSA) is 44.8 Å². The van der Waals surface area contributed by atoms with Crippen molar-refractivity contribution >= 4 is 6.03 Å². The van der Waals surface area contributed by atoms with Crippen molar-refractivity contribution in [2.45, 2.75) is 19.5 Å². The predicted molar refractivity (Wildman–Crippen MR) is 103 cm³/mol. The second kappa shape index (κ2) is 8.72. The molecule has 2 aromatic rings. The number of hydrogen-bond acceptors (Lipinski definition) is 3. The van der Waals surface area contributed by atoms with Crippen molar-refractivity contribution < 1.29 is 9.53 Å². The molecule has 1 heterocycles. The van der Waals surface area contributed by atoms with Gasteiger partial charge in [-0.15, -0.1) is 0 Å². The number of piperazine rings is 1. The Hall–Kier alpha value is -2.53. The Morgan fingerprint density at radius 2 is 1.69 bits per heavy atom. The van der Waals surface area contributed by atoms with E-state index in [9.17, 15) is 4.79 Å². The maximum atomic E-state index is 12.5. The molecule has 1 unspecified atom stereocenters. The van der Waals surface area contributed by atoms with Crippen molar-refractivity contribution in [3.8, 4) is 5.75 Å². The second-order valence-electron chi connectivity index (χ2n) is 6.58. The molecule has 1 saturated heterocycles. The van der Waals surface area contributed by atoms with Crippen LogP contribution in [0.15, 0.2) is 54.6 Å². The lowest BCUT2D eigenvalue weighted by Crippen LogP contribution is -2.52. The molecular weight excluding hydrogens is 326 g/mol. The second-order valence-corrected chi connectivity index (χ2v) is 6.58. The van der Waals surface area contributed by atoms with Gasteiger partial charge in [-0.2, -0.15) is 0 Å². The van der Waals surface area contributed by atoms with Crippen LogP contribution >= 0.6 is 0 Å². The molecule has 1 aliphatic rings. The summed E-state index contributed by atoms with van der Waals surface area (Å²) in [4.78, 5) is 16.8. The van der Waals surface area contributed by atoms with Crippen LogP contribution in [0.2, 0.25) is 0 Å². The van der Waals surface area contributed by atoms with Crippen molar-refractivity contribution in [3.63, 3.8) is 0 Å². The Kier molecular flexibility index (Phi) is 6.12. The summed E-state index contributed by atoms with van der Waals surface area (Å²) in [5.41, 5.74) is 2.31. The van der Waals surface area contributed by atoms with Gasteiger partial charge in [0.2, 0.25) is 0 Å². The fourth-order valence-electron chi connectivity index (χ4n) is 3.39. The van der Waals surface area contributed by atoms with Gasteiger partial charge in [-0.3, -0.25) is 4.90 Å². The quantitative estimate of drug-likeness (QED) is 0.897. The van der Waals surface area contributed by atoms with E-state index in [1.165, 1.54) is 5.56 Å². The molecule has 5 heteroatoms. The van der Waals surface area contributed by atoms with Crippen molar-refractivity contribution in [3.05, 3.63) is 65.7 Å². The van der Waals surface area contributed by atoms with E-state index in [0.29, 0.717) is 12.6 Å². The summed E-state index contributed by atoms with van der Waals surface area (Å²) in [6.45, 7) is 5.97. The molecule has 0 aromatic heterocycles. The van der Waals surface area contributed by atoms with Gasteiger partial charge < -0.3 is 15.0 Å². The first kappa shape index (κ1) is 18.3. The Labute approximate surface area is 155 Å². The Morgan fingerprint density at radius 1 is 1.04 bits per heavy atom. The number of rotatable bonds is 5. The number of hydrogen-bond donors (Lipinski definition) is 1. The van der Waals surface area contributed by atoms with Gasteiger partial charge in [-0.1, -0.05) is 48.5 Å². The highest BCUT2D eigenvalue weighted by Crippen LogP contribution is 2.21. The molecule has 138 valence electrons. The Balaban J connectivity index is 1.49. The van der Waals surface area contributed by atoms with E-state index in [1.54, 1.807) is 7.11 Å². The predicted octanol–water partition coefficient (Wildman–Crippen LogP) is 3.28. The largest absolute Gasteiger partial charge is 0.496 e. The van der Waals surface area contributed by atoms with Crippen LogP contribution in [0.25, 0.3) is 0 Å². The highest BCUT2D eigenvalue weighted by atomic mass is 16.5. The van der Waals surface area contributed by atoms with Crippen LogP contribution in [-0.4, -0.2) is 49.1 Å². The van der Waals surface area contributed by atoms with E-state index in [0.717, 1.165) is 37.5 Å². The summed E-state index contributed by atoms with van der Waals surface area (Å²) in [7, 11) is 1.65. The molecule has 0 radical (unpaired) electrons. The molecule has 2 aromatic carbocycles. The van der Waals surface area contributed by atoms with E-state index in [1.807, 2.05) is 35.2 Å². The normalized spacial score (nSPS) is 16.2. The number of carbonyl (C=O) groups is 1. The average Bonchev–Trinajstić information content (AvgIpc) is 2.72. The summed E-state index contributed by atoms with van der Waals surface area (Å²) in [6.07, 6.45) is 0. The van der Waals surface area contributed by atoms with Gasteiger partial charge in [-0.25, -0.2) is 4.79 Å². The number of nitrogens with one attached hydrogen (secondary N) is 1. The van der Waals surface area contributed by atoms with Gasteiger partial charge in [0.05, 0.1) is 7.11 Å². The number of amides is 2. The number of urea groups is 1. The van der Waals surface area contributed by atoms with E-state index in [4.69, 9.17) is 4.74 Å². The lowest BCUT2D eigenvalue weighted by Gasteiger charge is -2.38. The molecule has 26 heavy (non-hydrogen) atoms. The number of benzene rings is 2. The Bertz CT molecular complexity index is 712. The zero-order valence-corrected chi connectivity index (χ0v) is 15.5. The lowest BCUT2D eigenvalue weighted by atomic mass is 10.1. The zero-order chi connectivity index (χ0) is 18.4. The van der Waals surface area contributed by atoms with Gasteiger partial charge in [0.15, 0.2) is 0 Å². The molecule has 2 amide bonds. The van der Waals surface area contributed by atoms with Crippen LogP contribution in [0.5, 0.6) is 5.75 Å². The fourth-order valence-corrected chi connectivity index (χ4v) is 3.39. The first-order chi connectivity index (χ1) is 12.7. The van der Waals surface area contributed by atoms with Gasteiger partial charge in [-0.05, 0) is 18.6 Å². The molecule has 1 aliphatic heterocycles. The van der Waals surface area contributed by atoms with Crippen molar-refractivity contribution in [1.82, 2.24) is 15.1 Å². The summed E-state index contributed by atoms with van der Waals surface area (Å²) in [6, 6.07) is 18.6. The van der Waals surface area contributed by atoms with Crippen LogP contribution < -0.4 is 10.1 Å². The van der Waals surface area contributed by atoms with Crippen LogP contribution in [0.4, 0.5) is 4.79 Å². The van der Waals surface area contributed by atoms with Crippen molar-refractivity contribution in [2.24, 2.45) is 0 Å². The van der Waals surface area contributed by atoms with Crippen molar-refractivity contribution in [2.75, 3.05) is 33.3 Å². The van der Waals surface area contributed by atoms with Gasteiger partial charge >= 0.3 is 6.03 Å². The zero-order valence-electron chi connectivity index (χ0n) is 15.5. The highest BCUT2D eigenvalue weighted by Gasteiger charge is 2.24. The first-order valence-corrected chi connectivity index (χ1v) is 9.12. The van der Waals surface area contributed by atoms with Crippen LogP contribution in [0, 0.1) is 0 Å². The maximum absolute atomic E-state index is 12.5. The highest BCUT2D eigenvalue weighted by molar-refractivity contribution is 5.74. The molecule has 5 nitrogen and oxygen atoms in total. The summed E-state index contributed by atoms with van der Waals surface area (Å²) < 4.78 is 5.33. The lowest BCUT2D eigenvalue weighted by molar-refractivity contribution is 0.114.